The molecule has 2 unspecified atom stereocenters. The monoisotopic (exact) mass is 230 g/mol. The minimum atomic E-state index is -0.363. The Balaban J connectivity index is 3.55. The second kappa shape index (κ2) is 9.60. The lowest BCUT2D eigenvalue weighted by Gasteiger charge is -2.16. The zero-order chi connectivity index (χ0) is 12.4. The molecule has 0 aliphatic heterocycles. The number of carbonyl (C=O) groups is 1. The summed E-state index contributed by atoms with van der Waals surface area (Å²) in [6.07, 6.45) is 1.69. The van der Waals surface area contributed by atoms with E-state index in [1.165, 1.54) is 0 Å². The van der Waals surface area contributed by atoms with Crippen molar-refractivity contribution in [2.45, 2.75) is 52.7 Å². The number of carbonyl (C=O) groups excluding carboxylic acids is 1. The van der Waals surface area contributed by atoms with Gasteiger partial charge in [-0.3, -0.25) is 4.79 Å². The third-order valence-corrected chi connectivity index (χ3v) is 2.44. The van der Waals surface area contributed by atoms with Gasteiger partial charge >= 0.3 is 0 Å². The molecule has 16 heavy (non-hydrogen) atoms. The molecule has 0 saturated carbocycles. The van der Waals surface area contributed by atoms with Crippen LogP contribution in [0.25, 0.3) is 0 Å². The standard InChI is InChI=1S/C12H26N2O2/c1-5-7-13-8-9-16-11(4)12(15)14-10(3)6-2/h10-11,13H,5-9H2,1-4H3,(H,14,15). The predicted octanol–water partition coefficient (Wildman–Crippen LogP) is 1.31. The number of amides is 1. The van der Waals surface area contributed by atoms with Crippen molar-refractivity contribution in [3.63, 3.8) is 0 Å². The summed E-state index contributed by atoms with van der Waals surface area (Å²) in [7, 11) is 0. The highest BCUT2D eigenvalue weighted by atomic mass is 16.5. The maximum absolute atomic E-state index is 11.6. The fourth-order valence-electron chi connectivity index (χ4n) is 1.15. The lowest BCUT2D eigenvalue weighted by molar-refractivity contribution is -0.132. The SMILES string of the molecule is CCCNCCOC(C)C(=O)NC(C)CC. The summed E-state index contributed by atoms with van der Waals surface area (Å²) in [5, 5.41) is 6.12. The van der Waals surface area contributed by atoms with Crippen molar-refractivity contribution in [1.82, 2.24) is 10.6 Å². The van der Waals surface area contributed by atoms with Gasteiger partial charge in [0.2, 0.25) is 5.91 Å². The van der Waals surface area contributed by atoms with E-state index < -0.39 is 0 Å². The van der Waals surface area contributed by atoms with Crippen molar-refractivity contribution in [3.05, 3.63) is 0 Å². The highest BCUT2D eigenvalue weighted by Gasteiger charge is 2.14. The van der Waals surface area contributed by atoms with Crippen LogP contribution in [0.1, 0.15) is 40.5 Å². The van der Waals surface area contributed by atoms with Crippen molar-refractivity contribution in [1.29, 1.82) is 0 Å². The highest BCUT2D eigenvalue weighted by molar-refractivity contribution is 5.80. The fraction of sp³-hybridized carbons (Fsp3) is 0.917. The Hall–Kier alpha value is -0.610. The summed E-state index contributed by atoms with van der Waals surface area (Å²) in [6, 6.07) is 0.219. The molecule has 2 N–H and O–H groups in total. The molecule has 0 aliphatic carbocycles. The third-order valence-electron chi connectivity index (χ3n) is 2.44. The van der Waals surface area contributed by atoms with E-state index in [0.717, 1.165) is 25.9 Å². The average Bonchev–Trinajstić information content (AvgIpc) is 2.28. The van der Waals surface area contributed by atoms with Gasteiger partial charge in [0, 0.05) is 12.6 Å². The van der Waals surface area contributed by atoms with Crippen LogP contribution in [0, 0.1) is 0 Å². The second-order valence-electron chi connectivity index (χ2n) is 4.08. The van der Waals surface area contributed by atoms with E-state index in [-0.39, 0.29) is 18.1 Å². The van der Waals surface area contributed by atoms with Crippen LogP contribution in [0.15, 0.2) is 0 Å². The topological polar surface area (TPSA) is 50.4 Å². The van der Waals surface area contributed by atoms with Gasteiger partial charge in [0.1, 0.15) is 6.10 Å². The Morgan fingerprint density at radius 3 is 2.50 bits per heavy atom. The van der Waals surface area contributed by atoms with Gasteiger partial charge in [0.05, 0.1) is 6.61 Å². The van der Waals surface area contributed by atoms with E-state index in [4.69, 9.17) is 4.74 Å². The van der Waals surface area contributed by atoms with Crippen LogP contribution in [0.5, 0.6) is 0 Å². The quantitative estimate of drug-likeness (QED) is 0.587. The van der Waals surface area contributed by atoms with Gasteiger partial charge in [-0.2, -0.15) is 0 Å². The van der Waals surface area contributed by atoms with Gasteiger partial charge in [-0.05, 0) is 33.2 Å². The first-order valence-corrected chi connectivity index (χ1v) is 6.24. The average molecular weight is 230 g/mol. The van der Waals surface area contributed by atoms with Crippen molar-refractivity contribution in [2.75, 3.05) is 19.7 Å². The van der Waals surface area contributed by atoms with Crippen LogP contribution >= 0.6 is 0 Å². The molecule has 0 radical (unpaired) electrons. The zero-order valence-corrected chi connectivity index (χ0v) is 11.0. The molecule has 0 spiro atoms. The summed E-state index contributed by atoms with van der Waals surface area (Å²) in [5.74, 6) is -0.0233. The predicted molar refractivity (Wildman–Crippen MR) is 66.5 cm³/mol. The lowest BCUT2D eigenvalue weighted by atomic mass is 10.2. The summed E-state index contributed by atoms with van der Waals surface area (Å²) in [6.45, 7) is 10.3. The van der Waals surface area contributed by atoms with E-state index in [9.17, 15) is 4.79 Å². The Bertz CT molecular complexity index is 186. The Morgan fingerprint density at radius 2 is 1.94 bits per heavy atom. The van der Waals surface area contributed by atoms with Gasteiger partial charge in [-0.25, -0.2) is 0 Å². The Kier molecular flexibility index (Phi) is 9.24. The second-order valence-corrected chi connectivity index (χ2v) is 4.08. The third kappa shape index (κ3) is 7.65. The van der Waals surface area contributed by atoms with Crippen LogP contribution in [0.3, 0.4) is 0 Å². The van der Waals surface area contributed by atoms with Crippen LogP contribution in [0.2, 0.25) is 0 Å². The van der Waals surface area contributed by atoms with E-state index in [0.29, 0.717) is 6.61 Å². The number of ether oxygens (including phenoxy) is 1. The van der Waals surface area contributed by atoms with Crippen molar-refractivity contribution in [2.24, 2.45) is 0 Å². The van der Waals surface area contributed by atoms with Crippen molar-refractivity contribution >= 4 is 5.91 Å². The molecule has 1 amide bonds. The normalized spacial score (nSPS) is 14.5. The molecule has 0 aliphatic rings. The summed E-state index contributed by atoms with van der Waals surface area (Å²) >= 11 is 0. The molecule has 0 bridgehead atoms. The Labute approximate surface area is 99.1 Å². The molecule has 0 fully saturated rings. The zero-order valence-electron chi connectivity index (χ0n) is 11.0. The summed E-state index contributed by atoms with van der Waals surface area (Å²) in [5.41, 5.74) is 0. The van der Waals surface area contributed by atoms with Crippen LogP contribution < -0.4 is 10.6 Å². The van der Waals surface area contributed by atoms with Gasteiger partial charge in [-0.15, -0.1) is 0 Å². The van der Waals surface area contributed by atoms with Gasteiger partial charge in [0.25, 0.3) is 0 Å². The number of hydrogen-bond donors (Lipinski definition) is 2. The van der Waals surface area contributed by atoms with E-state index >= 15 is 0 Å². The van der Waals surface area contributed by atoms with Crippen LogP contribution in [-0.4, -0.2) is 37.7 Å². The maximum atomic E-state index is 11.6. The van der Waals surface area contributed by atoms with Crippen LogP contribution in [0.4, 0.5) is 0 Å². The molecule has 0 aromatic carbocycles. The minimum Gasteiger partial charge on any atom is -0.367 e. The molecule has 0 aromatic heterocycles. The van der Waals surface area contributed by atoms with Crippen molar-refractivity contribution < 1.29 is 9.53 Å². The van der Waals surface area contributed by atoms with Gasteiger partial charge in [-0.1, -0.05) is 13.8 Å². The molecule has 0 rings (SSSR count). The molecule has 0 heterocycles. The fourth-order valence-corrected chi connectivity index (χ4v) is 1.15. The number of rotatable bonds is 9. The first kappa shape index (κ1) is 15.4. The molecule has 4 nitrogen and oxygen atoms in total. The smallest absolute Gasteiger partial charge is 0.249 e. The first-order chi connectivity index (χ1) is 7.61. The molecule has 0 saturated heterocycles. The largest absolute Gasteiger partial charge is 0.367 e. The highest BCUT2D eigenvalue weighted by Crippen LogP contribution is 1.94. The number of nitrogens with one attached hydrogen (secondary N) is 2. The minimum absolute atomic E-state index is 0.0233. The van der Waals surface area contributed by atoms with Gasteiger partial charge < -0.3 is 15.4 Å². The summed E-state index contributed by atoms with van der Waals surface area (Å²) < 4.78 is 5.42. The van der Waals surface area contributed by atoms with E-state index in [2.05, 4.69) is 17.6 Å². The molecule has 0 aromatic rings. The molecule has 96 valence electrons. The van der Waals surface area contributed by atoms with E-state index in [1.807, 2.05) is 13.8 Å². The van der Waals surface area contributed by atoms with Gasteiger partial charge in [0.15, 0.2) is 0 Å². The molecular formula is C12H26N2O2. The van der Waals surface area contributed by atoms with Crippen LogP contribution in [-0.2, 0) is 9.53 Å². The maximum Gasteiger partial charge on any atom is 0.249 e. The Morgan fingerprint density at radius 1 is 1.25 bits per heavy atom. The molecule has 2 atom stereocenters. The number of hydrogen-bond acceptors (Lipinski definition) is 3. The van der Waals surface area contributed by atoms with E-state index in [1.54, 1.807) is 6.92 Å². The molecular weight excluding hydrogens is 204 g/mol. The van der Waals surface area contributed by atoms with Crippen molar-refractivity contribution in [3.8, 4) is 0 Å². The summed E-state index contributed by atoms with van der Waals surface area (Å²) in [4.78, 5) is 11.6. The lowest BCUT2D eigenvalue weighted by Crippen LogP contribution is -2.40. The first-order valence-electron chi connectivity index (χ1n) is 6.24. The molecule has 4 heteroatoms.